The third-order valence-corrected chi connectivity index (χ3v) is 7.03. The van der Waals surface area contributed by atoms with Crippen LogP contribution in [0.4, 0.5) is 27.7 Å². The number of nitrogens with one attached hydrogen (secondary N) is 2. The van der Waals surface area contributed by atoms with E-state index < -0.39 is 0 Å². The first kappa shape index (κ1) is 21.2. The fourth-order valence-corrected chi connectivity index (χ4v) is 4.82. The Kier molecular flexibility index (Phi) is 5.26. The molecular weight excluding hydrogens is 434 g/mol. The van der Waals surface area contributed by atoms with Gasteiger partial charge < -0.3 is 29.9 Å². The number of benzene rings is 1. The van der Waals surface area contributed by atoms with E-state index in [1.807, 2.05) is 25.1 Å². The second-order valence-electron chi connectivity index (χ2n) is 9.06. The molecule has 10 heteroatoms. The second-order valence-corrected chi connectivity index (χ2v) is 9.06. The van der Waals surface area contributed by atoms with Crippen molar-refractivity contribution in [2.75, 3.05) is 55.5 Å². The highest BCUT2D eigenvalue weighted by molar-refractivity contribution is 5.94. The standard InChI is InChI=1S/C24H29N7O3/c1-25-19-12-21-28-23-22(19)26-14-31(23)24(32)27-18-3-4-20(18)34-13-15-9-16(29(21)2)11-17(10-15)30-5-7-33-8-6-30/h9-12,14,18,20H,3-8,13H2,1-2H3,(H,25,28)(H,27,32)/t18-,20-/m1/s1. The summed E-state index contributed by atoms with van der Waals surface area (Å²) in [5.74, 6) is 0.718. The Morgan fingerprint density at radius 2 is 1.94 bits per heavy atom. The van der Waals surface area contributed by atoms with Gasteiger partial charge in [0.2, 0.25) is 0 Å². The van der Waals surface area contributed by atoms with Gasteiger partial charge in [-0.1, -0.05) is 0 Å². The van der Waals surface area contributed by atoms with E-state index in [2.05, 4.69) is 38.7 Å². The van der Waals surface area contributed by atoms with Crippen LogP contribution in [0.1, 0.15) is 18.4 Å². The van der Waals surface area contributed by atoms with Gasteiger partial charge in [-0.2, -0.15) is 0 Å². The molecule has 10 nitrogen and oxygen atoms in total. The van der Waals surface area contributed by atoms with E-state index in [9.17, 15) is 4.79 Å². The third kappa shape index (κ3) is 3.63. The number of hydrogen-bond acceptors (Lipinski definition) is 8. The number of anilines is 4. The number of aromatic nitrogens is 3. The van der Waals surface area contributed by atoms with Gasteiger partial charge in [0.05, 0.1) is 37.7 Å². The van der Waals surface area contributed by atoms with Crippen molar-refractivity contribution in [2.45, 2.75) is 31.6 Å². The summed E-state index contributed by atoms with van der Waals surface area (Å²) >= 11 is 0. The van der Waals surface area contributed by atoms with Gasteiger partial charge in [0.15, 0.2) is 5.65 Å². The first-order valence-corrected chi connectivity index (χ1v) is 11.8. The van der Waals surface area contributed by atoms with E-state index in [1.54, 1.807) is 0 Å². The van der Waals surface area contributed by atoms with Crippen molar-refractivity contribution in [3.8, 4) is 0 Å². The Balaban J connectivity index is 1.49. The number of carbonyl (C=O) groups is 1. The van der Waals surface area contributed by atoms with E-state index in [1.165, 1.54) is 10.9 Å². The number of amides is 1. The molecule has 2 atom stereocenters. The highest BCUT2D eigenvalue weighted by Crippen LogP contribution is 2.34. The molecule has 1 amide bonds. The van der Waals surface area contributed by atoms with Crippen molar-refractivity contribution in [2.24, 2.45) is 0 Å². The van der Waals surface area contributed by atoms with Gasteiger partial charge in [-0.05, 0) is 36.6 Å². The zero-order chi connectivity index (χ0) is 23.2. The highest BCUT2D eigenvalue weighted by Gasteiger charge is 2.34. The molecule has 4 bridgehead atoms. The minimum absolute atomic E-state index is 0.00807. The summed E-state index contributed by atoms with van der Waals surface area (Å²) in [6.45, 7) is 3.65. The highest BCUT2D eigenvalue weighted by atomic mass is 16.5. The lowest BCUT2D eigenvalue weighted by molar-refractivity contribution is -0.0323. The molecule has 178 valence electrons. The van der Waals surface area contributed by atoms with Crippen LogP contribution in [0, 0.1) is 0 Å². The lowest BCUT2D eigenvalue weighted by Gasteiger charge is -2.37. The lowest BCUT2D eigenvalue weighted by Crippen LogP contribution is -2.52. The molecule has 1 aromatic carbocycles. The molecule has 34 heavy (non-hydrogen) atoms. The fraction of sp³-hybridized carbons (Fsp3) is 0.458. The first-order chi connectivity index (χ1) is 16.6. The number of nitrogens with zero attached hydrogens (tertiary/aromatic N) is 5. The molecular formula is C24H29N7O3. The maximum atomic E-state index is 13.1. The predicted molar refractivity (Wildman–Crippen MR) is 130 cm³/mol. The Labute approximate surface area is 197 Å². The van der Waals surface area contributed by atoms with Gasteiger partial charge >= 0.3 is 6.03 Å². The van der Waals surface area contributed by atoms with Crippen LogP contribution in [-0.4, -0.2) is 73.1 Å². The van der Waals surface area contributed by atoms with Gasteiger partial charge in [0.25, 0.3) is 0 Å². The van der Waals surface area contributed by atoms with Gasteiger partial charge in [-0.15, -0.1) is 0 Å². The molecule has 2 aromatic heterocycles. The van der Waals surface area contributed by atoms with E-state index in [0.29, 0.717) is 17.8 Å². The topological polar surface area (TPSA) is 96.8 Å². The largest absolute Gasteiger partial charge is 0.386 e. The number of morpholine rings is 1. The minimum atomic E-state index is -0.236. The second kappa shape index (κ2) is 8.44. The molecule has 0 radical (unpaired) electrons. The monoisotopic (exact) mass is 463 g/mol. The van der Waals surface area contributed by atoms with Crippen molar-refractivity contribution in [1.29, 1.82) is 0 Å². The fourth-order valence-electron chi connectivity index (χ4n) is 4.82. The molecule has 2 aliphatic heterocycles. The molecule has 1 aliphatic carbocycles. The van der Waals surface area contributed by atoms with Gasteiger partial charge in [-0.3, -0.25) is 0 Å². The molecule has 6 rings (SSSR count). The normalized spacial score (nSPS) is 22.7. The zero-order valence-corrected chi connectivity index (χ0v) is 19.5. The van der Waals surface area contributed by atoms with Crippen LogP contribution in [0.25, 0.3) is 11.2 Å². The Morgan fingerprint density at radius 1 is 1.12 bits per heavy atom. The minimum Gasteiger partial charge on any atom is -0.386 e. The zero-order valence-electron chi connectivity index (χ0n) is 19.5. The van der Waals surface area contributed by atoms with Crippen molar-refractivity contribution in [3.63, 3.8) is 0 Å². The van der Waals surface area contributed by atoms with Gasteiger partial charge in [0.1, 0.15) is 17.7 Å². The Morgan fingerprint density at radius 3 is 2.71 bits per heavy atom. The van der Waals surface area contributed by atoms with E-state index in [4.69, 9.17) is 14.5 Å². The van der Waals surface area contributed by atoms with Crippen LogP contribution in [0.2, 0.25) is 0 Å². The summed E-state index contributed by atoms with van der Waals surface area (Å²) in [5, 5.41) is 6.32. The maximum absolute atomic E-state index is 13.1. The molecule has 2 fully saturated rings. The summed E-state index contributed by atoms with van der Waals surface area (Å²) in [4.78, 5) is 26.8. The Hall–Kier alpha value is -3.37. The first-order valence-electron chi connectivity index (χ1n) is 11.8. The van der Waals surface area contributed by atoms with Crippen molar-refractivity contribution in [1.82, 2.24) is 19.9 Å². The van der Waals surface area contributed by atoms with E-state index in [-0.39, 0.29) is 18.2 Å². The van der Waals surface area contributed by atoms with Crippen LogP contribution in [0.5, 0.6) is 0 Å². The molecule has 4 heterocycles. The quantitative estimate of drug-likeness (QED) is 0.599. The molecule has 3 aliphatic rings. The lowest BCUT2D eigenvalue weighted by atomic mass is 9.89. The summed E-state index contributed by atoms with van der Waals surface area (Å²) in [6.07, 6.45) is 3.35. The smallest absolute Gasteiger partial charge is 0.328 e. The molecule has 2 N–H and O–H groups in total. The number of fused-ring (bicyclic) bond motifs is 4. The Bertz CT molecular complexity index is 1240. The average molecular weight is 464 g/mol. The SMILES string of the molecule is CNc1cc2nc3c1ncn3C(=O)N[C@@H]1CC[C@H]1OCc1cc(N3CCOCC3)cc(c1)N2C. The van der Waals surface area contributed by atoms with Gasteiger partial charge in [-0.25, -0.2) is 19.3 Å². The molecule has 1 saturated carbocycles. The third-order valence-electron chi connectivity index (χ3n) is 7.03. The van der Waals surface area contributed by atoms with Crippen molar-refractivity contribution < 1.29 is 14.3 Å². The number of imidazole rings is 1. The maximum Gasteiger partial charge on any atom is 0.328 e. The number of hydrogen-bond donors (Lipinski definition) is 2. The van der Waals surface area contributed by atoms with E-state index >= 15 is 0 Å². The molecule has 0 unspecified atom stereocenters. The van der Waals surface area contributed by atoms with Crippen LogP contribution in [0.15, 0.2) is 30.6 Å². The summed E-state index contributed by atoms with van der Waals surface area (Å²) in [6, 6.07) is 8.24. The van der Waals surface area contributed by atoms with Crippen molar-refractivity contribution >= 4 is 40.1 Å². The van der Waals surface area contributed by atoms with Crippen LogP contribution < -0.4 is 20.4 Å². The van der Waals surface area contributed by atoms with Gasteiger partial charge in [0, 0.05) is 44.6 Å². The van der Waals surface area contributed by atoms with Crippen LogP contribution in [0.3, 0.4) is 0 Å². The van der Waals surface area contributed by atoms with Crippen molar-refractivity contribution in [3.05, 3.63) is 36.2 Å². The molecule has 3 aromatic rings. The average Bonchev–Trinajstić information content (AvgIpc) is 3.29. The summed E-state index contributed by atoms with van der Waals surface area (Å²) in [7, 11) is 3.84. The molecule has 1 saturated heterocycles. The number of carbonyl (C=O) groups excluding carboxylic acids is 1. The van der Waals surface area contributed by atoms with Crippen LogP contribution in [-0.2, 0) is 16.1 Å². The number of pyridine rings is 1. The summed E-state index contributed by atoms with van der Waals surface area (Å²) in [5.41, 5.74) is 5.25. The number of rotatable bonds is 2. The van der Waals surface area contributed by atoms with Crippen LogP contribution >= 0.6 is 0 Å². The molecule has 0 spiro atoms. The summed E-state index contributed by atoms with van der Waals surface area (Å²) < 4.78 is 13.3. The number of ether oxygens (including phenoxy) is 2. The predicted octanol–water partition coefficient (Wildman–Crippen LogP) is 2.70. The van der Waals surface area contributed by atoms with E-state index in [0.717, 1.165) is 67.6 Å².